The molecular weight excluding hydrogens is 188 g/mol. The van der Waals surface area contributed by atoms with Gasteiger partial charge in [-0.2, -0.15) is 0 Å². The molecule has 3 nitrogen and oxygen atoms in total. The van der Waals surface area contributed by atoms with Crippen LogP contribution in [-0.2, 0) is 0 Å². The quantitative estimate of drug-likeness (QED) is 0.780. The summed E-state index contributed by atoms with van der Waals surface area (Å²) in [5, 5.41) is 3.33. The van der Waals surface area contributed by atoms with Gasteiger partial charge in [0.15, 0.2) is 11.6 Å². The van der Waals surface area contributed by atoms with Crippen LogP contribution in [0.4, 0.5) is 5.82 Å². The number of rotatable bonds is 6. The Morgan fingerprint density at radius 3 is 2.93 bits per heavy atom. The van der Waals surface area contributed by atoms with Crippen LogP contribution in [0.15, 0.2) is 18.3 Å². The normalized spacial score (nSPS) is 12.2. The number of hydrogen-bond donors (Lipinski definition) is 1. The van der Waals surface area contributed by atoms with E-state index < -0.39 is 0 Å². The predicted octanol–water partition coefficient (Wildman–Crippen LogP) is 3.08. The van der Waals surface area contributed by atoms with Crippen LogP contribution in [0.1, 0.15) is 33.6 Å². The number of aromatic nitrogens is 1. The fourth-order valence-corrected chi connectivity index (χ4v) is 1.16. The third-order valence-corrected chi connectivity index (χ3v) is 2.23. The van der Waals surface area contributed by atoms with Crippen molar-refractivity contribution in [1.29, 1.82) is 0 Å². The summed E-state index contributed by atoms with van der Waals surface area (Å²) < 4.78 is 5.61. The van der Waals surface area contributed by atoms with Crippen molar-refractivity contribution in [2.75, 3.05) is 11.9 Å². The topological polar surface area (TPSA) is 34.1 Å². The van der Waals surface area contributed by atoms with Gasteiger partial charge in [-0.1, -0.05) is 13.8 Å². The van der Waals surface area contributed by atoms with Crippen LogP contribution >= 0.6 is 0 Å². The van der Waals surface area contributed by atoms with Gasteiger partial charge in [-0.05, 0) is 31.9 Å². The van der Waals surface area contributed by atoms with E-state index >= 15 is 0 Å². The van der Waals surface area contributed by atoms with E-state index in [4.69, 9.17) is 4.74 Å². The maximum atomic E-state index is 5.61. The van der Waals surface area contributed by atoms with E-state index in [0.29, 0.717) is 6.04 Å². The second-order valence-electron chi connectivity index (χ2n) is 3.65. The maximum absolute atomic E-state index is 5.61. The van der Waals surface area contributed by atoms with E-state index in [9.17, 15) is 0 Å². The lowest BCUT2D eigenvalue weighted by atomic mass is 10.2. The SMILES string of the molecule is CCCOc1cccnc1NC(C)CC. The highest BCUT2D eigenvalue weighted by molar-refractivity contribution is 5.49. The molecule has 1 heterocycles. The van der Waals surface area contributed by atoms with Crippen molar-refractivity contribution < 1.29 is 4.74 Å². The van der Waals surface area contributed by atoms with Gasteiger partial charge < -0.3 is 10.1 Å². The second-order valence-corrected chi connectivity index (χ2v) is 3.65. The third kappa shape index (κ3) is 3.78. The molecule has 1 rings (SSSR count). The van der Waals surface area contributed by atoms with Crippen LogP contribution < -0.4 is 10.1 Å². The first-order valence-corrected chi connectivity index (χ1v) is 5.62. The highest BCUT2D eigenvalue weighted by Crippen LogP contribution is 2.21. The minimum atomic E-state index is 0.420. The van der Waals surface area contributed by atoms with Crippen LogP contribution in [0.5, 0.6) is 5.75 Å². The van der Waals surface area contributed by atoms with Crippen molar-refractivity contribution in [1.82, 2.24) is 4.98 Å². The van der Waals surface area contributed by atoms with Crippen LogP contribution in [0.3, 0.4) is 0 Å². The molecule has 0 saturated carbocycles. The van der Waals surface area contributed by atoms with E-state index in [0.717, 1.165) is 31.0 Å². The third-order valence-electron chi connectivity index (χ3n) is 2.23. The van der Waals surface area contributed by atoms with Gasteiger partial charge in [-0.3, -0.25) is 0 Å². The number of anilines is 1. The first-order valence-electron chi connectivity index (χ1n) is 5.62. The highest BCUT2D eigenvalue weighted by Gasteiger charge is 2.06. The zero-order chi connectivity index (χ0) is 11.1. The van der Waals surface area contributed by atoms with Gasteiger partial charge in [0.25, 0.3) is 0 Å². The fourth-order valence-electron chi connectivity index (χ4n) is 1.16. The van der Waals surface area contributed by atoms with Gasteiger partial charge >= 0.3 is 0 Å². The highest BCUT2D eigenvalue weighted by atomic mass is 16.5. The number of pyridine rings is 1. The van der Waals surface area contributed by atoms with E-state index in [1.165, 1.54) is 0 Å². The van der Waals surface area contributed by atoms with Crippen LogP contribution in [0.2, 0.25) is 0 Å². The molecule has 0 fully saturated rings. The predicted molar refractivity (Wildman–Crippen MR) is 63.4 cm³/mol. The summed E-state index contributed by atoms with van der Waals surface area (Å²) in [7, 11) is 0. The van der Waals surface area contributed by atoms with Gasteiger partial charge in [-0.25, -0.2) is 4.98 Å². The van der Waals surface area contributed by atoms with Crippen molar-refractivity contribution in [2.24, 2.45) is 0 Å². The average Bonchev–Trinajstić information content (AvgIpc) is 2.28. The molecule has 0 aliphatic carbocycles. The molecule has 0 radical (unpaired) electrons. The summed E-state index contributed by atoms with van der Waals surface area (Å²) in [6.07, 6.45) is 3.87. The summed E-state index contributed by atoms with van der Waals surface area (Å²) in [5.41, 5.74) is 0. The van der Waals surface area contributed by atoms with Gasteiger partial charge in [0.2, 0.25) is 0 Å². The van der Waals surface area contributed by atoms with Crippen LogP contribution in [0, 0.1) is 0 Å². The summed E-state index contributed by atoms with van der Waals surface area (Å²) >= 11 is 0. The molecule has 3 heteroatoms. The molecule has 15 heavy (non-hydrogen) atoms. The first-order chi connectivity index (χ1) is 7.27. The van der Waals surface area contributed by atoms with E-state index in [1.54, 1.807) is 6.20 Å². The van der Waals surface area contributed by atoms with E-state index in [1.807, 2.05) is 12.1 Å². The monoisotopic (exact) mass is 208 g/mol. The molecule has 0 amide bonds. The van der Waals surface area contributed by atoms with Crippen molar-refractivity contribution in [2.45, 2.75) is 39.7 Å². The second kappa shape index (κ2) is 6.27. The molecule has 1 unspecified atom stereocenters. The molecule has 84 valence electrons. The number of nitrogens with zero attached hydrogens (tertiary/aromatic N) is 1. The molecule has 1 N–H and O–H groups in total. The lowest BCUT2D eigenvalue weighted by Crippen LogP contribution is -2.15. The summed E-state index contributed by atoms with van der Waals surface area (Å²) in [6.45, 7) is 7.12. The number of nitrogens with one attached hydrogen (secondary N) is 1. The summed E-state index contributed by atoms with van der Waals surface area (Å²) in [4.78, 5) is 4.28. The van der Waals surface area contributed by atoms with Crippen molar-refractivity contribution in [3.05, 3.63) is 18.3 Å². The molecule has 0 spiro atoms. The number of ether oxygens (including phenoxy) is 1. The lowest BCUT2D eigenvalue weighted by molar-refractivity contribution is 0.317. The molecule has 1 aromatic rings. The Hall–Kier alpha value is -1.25. The first kappa shape index (κ1) is 11.8. The Kier molecular flexibility index (Phi) is 4.95. The Morgan fingerprint density at radius 1 is 1.47 bits per heavy atom. The van der Waals surface area contributed by atoms with Gasteiger partial charge in [-0.15, -0.1) is 0 Å². The summed E-state index contributed by atoms with van der Waals surface area (Å²) in [5.74, 6) is 1.69. The number of hydrogen-bond acceptors (Lipinski definition) is 3. The molecule has 0 bridgehead atoms. The Bertz CT molecular complexity index is 289. The Morgan fingerprint density at radius 2 is 2.27 bits per heavy atom. The molecule has 0 aromatic carbocycles. The van der Waals surface area contributed by atoms with Gasteiger partial charge in [0.05, 0.1) is 6.61 Å². The molecule has 0 saturated heterocycles. The fraction of sp³-hybridized carbons (Fsp3) is 0.583. The molecule has 0 aliphatic heterocycles. The van der Waals surface area contributed by atoms with Gasteiger partial charge in [0, 0.05) is 12.2 Å². The molecule has 0 aliphatic rings. The smallest absolute Gasteiger partial charge is 0.168 e. The van der Waals surface area contributed by atoms with Crippen LogP contribution in [-0.4, -0.2) is 17.6 Å². The molecule has 1 atom stereocenters. The zero-order valence-electron chi connectivity index (χ0n) is 9.79. The minimum absolute atomic E-state index is 0.420. The molecular formula is C12H20N2O. The van der Waals surface area contributed by atoms with Crippen molar-refractivity contribution in [3.8, 4) is 5.75 Å². The largest absolute Gasteiger partial charge is 0.490 e. The lowest BCUT2D eigenvalue weighted by Gasteiger charge is -2.15. The Balaban J connectivity index is 2.67. The summed E-state index contributed by atoms with van der Waals surface area (Å²) in [6, 6.07) is 4.27. The van der Waals surface area contributed by atoms with Gasteiger partial charge in [0.1, 0.15) is 0 Å². The van der Waals surface area contributed by atoms with E-state index in [2.05, 4.69) is 31.1 Å². The Labute approximate surface area is 91.9 Å². The minimum Gasteiger partial charge on any atom is -0.490 e. The average molecular weight is 208 g/mol. The molecule has 1 aromatic heterocycles. The van der Waals surface area contributed by atoms with Crippen molar-refractivity contribution >= 4 is 5.82 Å². The van der Waals surface area contributed by atoms with Crippen LogP contribution in [0.25, 0.3) is 0 Å². The van der Waals surface area contributed by atoms with Crippen molar-refractivity contribution in [3.63, 3.8) is 0 Å². The zero-order valence-corrected chi connectivity index (χ0v) is 9.79. The van der Waals surface area contributed by atoms with E-state index in [-0.39, 0.29) is 0 Å². The maximum Gasteiger partial charge on any atom is 0.168 e. The standard InChI is InChI=1S/C12H20N2O/c1-4-9-15-11-7-6-8-13-12(11)14-10(3)5-2/h6-8,10H,4-5,9H2,1-3H3,(H,13,14).